The first-order chi connectivity index (χ1) is 13.1. The van der Waals surface area contributed by atoms with Gasteiger partial charge in [-0.2, -0.15) is 0 Å². The first-order valence-electron chi connectivity index (χ1n) is 8.30. The van der Waals surface area contributed by atoms with Gasteiger partial charge in [0.25, 0.3) is 11.8 Å². The Kier molecular flexibility index (Phi) is 5.59. The third-order valence-electron chi connectivity index (χ3n) is 3.70. The van der Waals surface area contributed by atoms with Crippen molar-refractivity contribution in [2.45, 2.75) is 0 Å². The van der Waals surface area contributed by atoms with E-state index < -0.39 is 0 Å². The molecule has 6 heteroatoms. The molecule has 0 atom stereocenters. The number of carbonyl (C=O) groups excluding carboxylic acids is 2. The molecule has 0 aromatic heterocycles. The van der Waals surface area contributed by atoms with Gasteiger partial charge in [-0.05, 0) is 42.5 Å². The van der Waals surface area contributed by atoms with E-state index in [2.05, 4.69) is 16.0 Å². The summed E-state index contributed by atoms with van der Waals surface area (Å²) in [6, 6.07) is 24.5. The summed E-state index contributed by atoms with van der Waals surface area (Å²) >= 11 is 0. The zero-order valence-corrected chi connectivity index (χ0v) is 14.4. The van der Waals surface area contributed by atoms with Gasteiger partial charge in [0, 0.05) is 22.5 Å². The number of guanidine groups is 1. The monoisotopic (exact) mass is 358 g/mol. The summed E-state index contributed by atoms with van der Waals surface area (Å²) in [5.74, 6) is -0.753. The van der Waals surface area contributed by atoms with Crippen molar-refractivity contribution in [3.05, 3.63) is 96.1 Å². The van der Waals surface area contributed by atoms with Crippen molar-refractivity contribution in [1.82, 2.24) is 5.32 Å². The second-order valence-electron chi connectivity index (χ2n) is 5.72. The minimum atomic E-state index is -0.373. The number of anilines is 2. The highest BCUT2D eigenvalue weighted by molar-refractivity contribution is 6.09. The predicted molar refractivity (Wildman–Crippen MR) is 106 cm³/mol. The van der Waals surface area contributed by atoms with Crippen LogP contribution in [0.3, 0.4) is 0 Å². The van der Waals surface area contributed by atoms with Gasteiger partial charge in [0.15, 0.2) is 5.96 Å². The van der Waals surface area contributed by atoms with Crippen LogP contribution in [-0.2, 0) is 0 Å². The highest BCUT2D eigenvalue weighted by Gasteiger charge is 2.09. The Morgan fingerprint density at radius 3 is 1.74 bits per heavy atom. The van der Waals surface area contributed by atoms with E-state index in [1.54, 1.807) is 72.8 Å². The molecule has 3 aromatic rings. The number of amides is 2. The van der Waals surface area contributed by atoms with E-state index in [0.717, 1.165) is 0 Å². The maximum Gasteiger partial charge on any atom is 0.257 e. The summed E-state index contributed by atoms with van der Waals surface area (Å²) in [6.07, 6.45) is 0. The van der Waals surface area contributed by atoms with E-state index in [4.69, 9.17) is 5.41 Å². The van der Waals surface area contributed by atoms with Crippen molar-refractivity contribution < 1.29 is 9.59 Å². The Balaban J connectivity index is 1.61. The van der Waals surface area contributed by atoms with E-state index in [9.17, 15) is 9.59 Å². The van der Waals surface area contributed by atoms with Crippen LogP contribution in [0.5, 0.6) is 0 Å². The van der Waals surface area contributed by atoms with Crippen molar-refractivity contribution in [2.24, 2.45) is 0 Å². The summed E-state index contributed by atoms with van der Waals surface area (Å²) in [5, 5.41) is 16.0. The molecule has 6 nitrogen and oxygen atoms in total. The van der Waals surface area contributed by atoms with Gasteiger partial charge in [0.05, 0.1) is 0 Å². The van der Waals surface area contributed by atoms with Crippen LogP contribution in [0.2, 0.25) is 0 Å². The number of rotatable bonds is 4. The quantitative estimate of drug-likeness (QED) is 0.423. The molecular weight excluding hydrogens is 340 g/mol. The fourth-order valence-corrected chi connectivity index (χ4v) is 2.42. The summed E-state index contributed by atoms with van der Waals surface area (Å²) in [7, 11) is 0. The van der Waals surface area contributed by atoms with Crippen LogP contribution >= 0.6 is 0 Å². The number of nitrogens with one attached hydrogen (secondary N) is 4. The number of hydrogen-bond acceptors (Lipinski definition) is 3. The van der Waals surface area contributed by atoms with Gasteiger partial charge >= 0.3 is 0 Å². The first kappa shape index (κ1) is 17.9. The topological polar surface area (TPSA) is 94.1 Å². The van der Waals surface area contributed by atoms with Crippen molar-refractivity contribution >= 4 is 29.1 Å². The Labute approximate surface area is 156 Å². The average molecular weight is 358 g/mol. The van der Waals surface area contributed by atoms with Gasteiger partial charge in [0.1, 0.15) is 0 Å². The minimum absolute atomic E-state index is 0.157. The molecule has 2 amide bonds. The molecule has 0 aliphatic carbocycles. The Hall–Kier alpha value is -3.93. The number of carbonyl (C=O) groups is 2. The van der Waals surface area contributed by atoms with Crippen LogP contribution in [0, 0.1) is 5.41 Å². The standard InChI is InChI=1S/C21H18N4O2/c22-21(25-20(27)16-10-5-2-6-11-16)24-18-13-7-12-17(14-18)23-19(26)15-8-3-1-4-9-15/h1-14H,(H,23,26)(H3,22,24,25,27). The molecular formula is C21H18N4O2. The van der Waals surface area contributed by atoms with Gasteiger partial charge in [-0.3, -0.25) is 20.3 Å². The van der Waals surface area contributed by atoms with Gasteiger partial charge in [-0.15, -0.1) is 0 Å². The van der Waals surface area contributed by atoms with Gasteiger partial charge in [-0.25, -0.2) is 0 Å². The van der Waals surface area contributed by atoms with Crippen molar-refractivity contribution in [1.29, 1.82) is 5.41 Å². The van der Waals surface area contributed by atoms with Crippen molar-refractivity contribution in [3.63, 3.8) is 0 Å². The largest absolute Gasteiger partial charge is 0.326 e. The molecule has 27 heavy (non-hydrogen) atoms. The third-order valence-corrected chi connectivity index (χ3v) is 3.70. The van der Waals surface area contributed by atoms with Crippen LogP contribution in [-0.4, -0.2) is 17.8 Å². The maximum absolute atomic E-state index is 12.2. The zero-order valence-electron chi connectivity index (χ0n) is 14.4. The lowest BCUT2D eigenvalue weighted by molar-refractivity contribution is 0.0975. The molecule has 0 unspecified atom stereocenters. The van der Waals surface area contributed by atoms with Gasteiger partial charge in [0.2, 0.25) is 0 Å². The fourth-order valence-electron chi connectivity index (χ4n) is 2.42. The van der Waals surface area contributed by atoms with Crippen LogP contribution in [0.4, 0.5) is 11.4 Å². The molecule has 0 bridgehead atoms. The highest BCUT2D eigenvalue weighted by atomic mass is 16.2. The molecule has 0 fully saturated rings. The third kappa shape index (κ3) is 5.02. The predicted octanol–water partition coefficient (Wildman–Crippen LogP) is 3.72. The van der Waals surface area contributed by atoms with E-state index in [1.165, 1.54) is 0 Å². The summed E-state index contributed by atoms with van der Waals surface area (Å²) in [4.78, 5) is 24.3. The average Bonchev–Trinajstić information content (AvgIpc) is 2.69. The number of hydrogen-bond donors (Lipinski definition) is 4. The molecule has 3 rings (SSSR count). The summed E-state index contributed by atoms with van der Waals surface area (Å²) in [6.45, 7) is 0. The van der Waals surface area contributed by atoms with Gasteiger partial charge < -0.3 is 10.6 Å². The molecule has 0 aliphatic heterocycles. The van der Waals surface area contributed by atoms with Crippen LogP contribution < -0.4 is 16.0 Å². The lowest BCUT2D eigenvalue weighted by Crippen LogP contribution is -2.35. The molecule has 0 spiro atoms. The van der Waals surface area contributed by atoms with Crippen LogP contribution in [0.15, 0.2) is 84.9 Å². The Morgan fingerprint density at radius 1 is 0.630 bits per heavy atom. The smallest absolute Gasteiger partial charge is 0.257 e. The fraction of sp³-hybridized carbons (Fsp3) is 0. The maximum atomic E-state index is 12.2. The SMILES string of the molecule is N=C(NC(=O)c1ccccc1)Nc1cccc(NC(=O)c2ccccc2)c1. The molecule has 0 saturated heterocycles. The minimum Gasteiger partial charge on any atom is -0.326 e. The molecule has 4 N–H and O–H groups in total. The van der Waals surface area contributed by atoms with E-state index in [-0.39, 0.29) is 17.8 Å². The normalized spacial score (nSPS) is 9.93. The van der Waals surface area contributed by atoms with Crippen LogP contribution in [0.25, 0.3) is 0 Å². The van der Waals surface area contributed by atoms with Crippen molar-refractivity contribution in [2.75, 3.05) is 10.6 Å². The Morgan fingerprint density at radius 2 is 1.15 bits per heavy atom. The highest BCUT2D eigenvalue weighted by Crippen LogP contribution is 2.16. The van der Waals surface area contributed by atoms with E-state index in [0.29, 0.717) is 22.5 Å². The molecule has 0 saturated carbocycles. The summed E-state index contributed by atoms with van der Waals surface area (Å²) < 4.78 is 0. The first-order valence-corrected chi connectivity index (χ1v) is 8.30. The lowest BCUT2D eigenvalue weighted by atomic mass is 10.2. The second-order valence-corrected chi connectivity index (χ2v) is 5.72. The molecule has 134 valence electrons. The van der Waals surface area contributed by atoms with Gasteiger partial charge in [-0.1, -0.05) is 42.5 Å². The summed E-state index contributed by atoms with van der Waals surface area (Å²) in [5.41, 5.74) is 2.17. The molecule has 3 aromatic carbocycles. The Bertz CT molecular complexity index is 956. The number of benzene rings is 3. The second kappa shape index (κ2) is 8.44. The molecule has 0 radical (unpaired) electrons. The van der Waals surface area contributed by atoms with Crippen LogP contribution in [0.1, 0.15) is 20.7 Å². The van der Waals surface area contributed by atoms with E-state index >= 15 is 0 Å². The zero-order chi connectivity index (χ0) is 19.1. The van der Waals surface area contributed by atoms with E-state index in [1.807, 2.05) is 12.1 Å². The molecule has 0 aliphatic rings. The molecule has 0 heterocycles. The van der Waals surface area contributed by atoms with Crippen molar-refractivity contribution in [3.8, 4) is 0 Å². The lowest BCUT2D eigenvalue weighted by Gasteiger charge is -2.11.